The smallest absolute Gasteiger partial charge is 0.216 e. The van der Waals surface area contributed by atoms with Gasteiger partial charge in [-0.1, -0.05) is 12.1 Å². The first-order valence-electron chi connectivity index (χ1n) is 8.54. The molecule has 2 aliphatic heterocycles. The topological polar surface area (TPSA) is 49.9 Å². The lowest BCUT2D eigenvalue weighted by molar-refractivity contribution is 0.122. The van der Waals surface area contributed by atoms with Gasteiger partial charge >= 0.3 is 0 Å². The summed E-state index contributed by atoms with van der Waals surface area (Å²) in [5.74, 6) is -0.149. The van der Waals surface area contributed by atoms with Crippen LogP contribution in [0.2, 0.25) is 0 Å². The van der Waals surface area contributed by atoms with Gasteiger partial charge in [0.05, 0.1) is 11.9 Å². The molecule has 0 spiro atoms. The van der Waals surface area contributed by atoms with E-state index >= 15 is 0 Å². The van der Waals surface area contributed by atoms with Gasteiger partial charge in [0.25, 0.3) is 0 Å². The lowest BCUT2D eigenvalue weighted by Crippen LogP contribution is -2.50. The second kappa shape index (κ2) is 7.47. The van der Waals surface area contributed by atoms with Gasteiger partial charge in [-0.25, -0.2) is 12.8 Å². The van der Waals surface area contributed by atoms with Gasteiger partial charge in [-0.2, -0.15) is 4.31 Å². The van der Waals surface area contributed by atoms with Gasteiger partial charge in [0.1, 0.15) is 5.82 Å². The zero-order chi connectivity index (χ0) is 17.2. The Labute approximate surface area is 143 Å². The Morgan fingerprint density at radius 1 is 1.29 bits per heavy atom. The zero-order valence-electron chi connectivity index (χ0n) is 14.0. The number of benzene rings is 1. The van der Waals surface area contributed by atoms with Crippen LogP contribution in [-0.2, 0) is 14.8 Å². The zero-order valence-corrected chi connectivity index (χ0v) is 14.8. The minimum absolute atomic E-state index is 0.0729. The first kappa shape index (κ1) is 17.8. The fourth-order valence-electron chi connectivity index (χ4n) is 3.46. The summed E-state index contributed by atoms with van der Waals surface area (Å²) in [7, 11) is -3.27. The molecule has 134 valence electrons. The summed E-state index contributed by atoms with van der Waals surface area (Å²) in [5, 5.41) is 0. The minimum atomic E-state index is -3.27. The molecule has 7 heteroatoms. The first-order valence-corrected chi connectivity index (χ1v) is 10.2. The lowest BCUT2D eigenvalue weighted by Gasteiger charge is -2.37. The predicted octanol–water partition coefficient (Wildman–Crippen LogP) is 2.01. The van der Waals surface area contributed by atoms with Crippen molar-refractivity contribution >= 4 is 10.0 Å². The third-order valence-corrected chi connectivity index (χ3v) is 6.91. The molecule has 2 atom stereocenters. The van der Waals surface area contributed by atoms with E-state index in [1.54, 1.807) is 16.4 Å². The number of ether oxygens (including phenoxy) is 1. The molecule has 0 aromatic heterocycles. The number of hydrogen-bond donors (Lipinski definition) is 0. The van der Waals surface area contributed by atoms with E-state index in [4.69, 9.17) is 4.74 Å². The van der Waals surface area contributed by atoms with Crippen molar-refractivity contribution in [3.05, 3.63) is 35.6 Å². The molecule has 2 unspecified atom stereocenters. The molecule has 2 saturated heterocycles. The van der Waals surface area contributed by atoms with Gasteiger partial charge in [0.2, 0.25) is 10.0 Å². The summed E-state index contributed by atoms with van der Waals surface area (Å²) in [6.07, 6.45) is 1.62. The van der Waals surface area contributed by atoms with Crippen LogP contribution in [0.25, 0.3) is 0 Å². The molecule has 0 radical (unpaired) electrons. The Bertz CT molecular complexity index is 654. The van der Waals surface area contributed by atoms with Gasteiger partial charge in [-0.15, -0.1) is 0 Å². The van der Waals surface area contributed by atoms with Crippen LogP contribution in [0.1, 0.15) is 31.4 Å². The summed E-state index contributed by atoms with van der Waals surface area (Å²) in [6, 6.07) is 6.68. The maximum absolute atomic E-state index is 13.4. The first-order chi connectivity index (χ1) is 11.5. The number of halogens is 1. The van der Waals surface area contributed by atoms with Crippen molar-refractivity contribution in [1.82, 2.24) is 9.21 Å². The van der Waals surface area contributed by atoms with Crippen molar-refractivity contribution in [3.8, 4) is 0 Å². The average Bonchev–Trinajstić information content (AvgIpc) is 3.06. The molecular weight excluding hydrogens is 331 g/mol. The molecule has 0 bridgehead atoms. The van der Waals surface area contributed by atoms with E-state index in [1.807, 2.05) is 13.0 Å². The van der Waals surface area contributed by atoms with Gasteiger partial charge in [0, 0.05) is 38.8 Å². The molecule has 5 nitrogen and oxygen atoms in total. The second-order valence-electron chi connectivity index (χ2n) is 6.58. The van der Waals surface area contributed by atoms with Gasteiger partial charge < -0.3 is 4.74 Å². The Hall–Kier alpha value is -1.02. The molecule has 0 N–H and O–H groups in total. The molecule has 0 amide bonds. The minimum Gasteiger partial charge on any atom is -0.377 e. The lowest BCUT2D eigenvalue weighted by atomic mass is 10.1. The Kier molecular flexibility index (Phi) is 5.54. The highest BCUT2D eigenvalue weighted by atomic mass is 32.2. The summed E-state index contributed by atoms with van der Waals surface area (Å²) < 4.78 is 45.4. The summed E-state index contributed by atoms with van der Waals surface area (Å²) in [4.78, 5) is 2.20. The SMILES string of the molecule is CC(c1cccc(F)c1)N1CCN(S(=O)(=O)CC2CCCO2)CC1. The predicted molar refractivity (Wildman–Crippen MR) is 90.7 cm³/mol. The summed E-state index contributed by atoms with van der Waals surface area (Å²) in [6.45, 7) is 4.97. The van der Waals surface area contributed by atoms with Gasteiger partial charge in [0.15, 0.2) is 0 Å². The molecular formula is C17H25FN2O3S. The van der Waals surface area contributed by atoms with Crippen LogP contribution < -0.4 is 0 Å². The van der Waals surface area contributed by atoms with E-state index in [-0.39, 0.29) is 23.7 Å². The highest BCUT2D eigenvalue weighted by molar-refractivity contribution is 7.89. The standard InChI is InChI=1S/C17H25FN2O3S/c1-14(15-4-2-5-16(18)12-15)19-7-9-20(10-8-19)24(21,22)13-17-6-3-11-23-17/h2,4-5,12,14,17H,3,6-11,13H2,1H3. The Morgan fingerprint density at radius 2 is 2.04 bits per heavy atom. The van der Waals surface area contributed by atoms with E-state index in [9.17, 15) is 12.8 Å². The average molecular weight is 356 g/mol. The number of hydrogen-bond acceptors (Lipinski definition) is 4. The van der Waals surface area contributed by atoms with Crippen LogP contribution in [0.15, 0.2) is 24.3 Å². The molecule has 1 aromatic rings. The number of sulfonamides is 1. The maximum atomic E-state index is 13.4. The van der Waals surface area contributed by atoms with Crippen LogP contribution in [-0.4, -0.2) is 62.3 Å². The third-order valence-electron chi connectivity index (χ3n) is 4.97. The van der Waals surface area contributed by atoms with Crippen LogP contribution in [0, 0.1) is 5.82 Å². The van der Waals surface area contributed by atoms with E-state index < -0.39 is 10.0 Å². The molecule has 0 saturated carbocycles. The fourth-order valence-corrected chi connectivity index (χ4v) is 5.13. The van der Waals surface area contributed by atoms with Crippen LogP contribution in [0.5, 0.6) is 0 Å². The van der Waals surface area contributed by atoms with E-state index in [0.29, 0.717) is 32.8 Å². The van der Waals surface area contributed by atoms with Gasteiger partial charge in [-0.3, -0.25) is 4.90 Å². The number of piperazine rings is 1. The van der Waals surface area contributed by atoms with Crippen molar-refractivity contribution < 1.29 is 17.5 Å². The Morgan fingerprint density at radius 3 is 2.67 bits per heavy atom. The summed E-state index contributed by atoms with van der Waals surface area (Å²) >= 11 is 0. The second-order valence-corrected chi connectivity index (χ2v) is 8.59. The molecule has 2 fully saturated rings. The van der Waals surface area contributed by atoms with Crippen LogP contribution in [0.4, 0.5) is 4.39 Å². The van der Waals surface area contributed by atoms with Crippen molar-refractivity contribution in [1.29, 1.82) is 0 Å². The van der Waals surface area contributed by atoms with E-state index in [0.717, 1.165) is 18.4 Å². The van der Waals surface area contributed by atoms with E-state index in [1.165, 1.54) is 6.07 Å². The quantitative estimate of drug-likeness (QED) is 0.810. The third kappa shape index (κ3) is 4.14. The van der Waals surface area contributed by atoms with Gasteiger partial charge in [-0.05, 0) is 37.5 Å². The molecule has 0 aliphatic carbocycles. The molecule has 2 aliphatic rings. The number of nitrogens with zero attached hydrogens (tertiary/aromatic N) is 2. The van der Waals surface area contributed by atoms with Crippen molar-refractivity contribution in [2.75, 3.05) is 38.5 Å². The normalized spacial score (nSPS) is 25.0. The molecule has 3 rings (SSSR count). The molecule has 2 heterocycles. The highest BCUT2D eigenvalue weighted by Gasteiger charge is 2.32. The van der Waals surface area contributed by atoms with Crippen molar-refractivity contribution in [2.24, 2.45) is 0 Å². The Balaban J connectivity index is 1.57. The van der Waals surface area contributed by atoms with E-state index in [2.05, 4.69) is 4.90 Å². The van der Waals surface area contributed by atoms with Crippen molar-refractivity contribution in [3.63, 3.8) is 0 Å². The molecule has 1 aromatic carbocycles. The van der Waals surface area contributed by atoms with Crippen molar-refractivity contribution in [2.45, 2.75) is 31.9 Å². The van der Waals surface area contributed by atoms with Crippen LogP contribution in [0.3, 0.4) is 0 Å². The highest BCUT2D eigenvalue weighted by Crippen LogP contribution is 2.24. The van der Waals surface area contributed by atoms with Crippen LogP contribution >= 0.6 is 0 Å². The monoisotopic (exact) mass is 356 g/mol. The fraction of sp³-hybridized carbons (Fsp3) is 0.647. The number of rotatable bonds is 5. The maximum Gasteiger partial charge on any atom is 0.216 e. The largest absolute Gasteiger partial charge is 0.377 e. The summed E-state index contributed by atoms with van der Waals surface area (Å²) in [5.41, 5.74) is 0.922. The molecule has 24 heavy (non-hydrogen) atoms.